The van der Waals surface area contributed by atoms with E-state index in [1.54, 1.807) is 26.0 Å². The van der Waals surface area contributed by atoms with Gasteiger partial charge in [0, 0.05) is 12.2 Å². The van der Waals surface area contributed by atoms with Crippen molar-refractivity contribution < 1.29 is 14.3 Å². The minimum Gasteiger partial charge on any atom is -0.481 e. The third kappa shape index (κ3) is 4.29. The van der Waals surface area contributed by atoms with E-state index >= 15 is 0 Å². The van der Waals surface area contributed by atoms with E-state index in [1.165, 1.54) is 12.1 Å². The summed E-state index contributed by atoms with van der Waals surface area (Å²) in [6.07, 6.45) is 0. The molecular formula is C12H15FN2O2S. The van der Waals surface area contributed by atoms with Crippen LogP contribution in [0.2, 0.25) is 0 Å². The lowest BCUT2D eigenvalue weighted by Gasteiger charge is -2.20. The highest BCUT2D eigenvalue weighted by molar-refractivity contribution is 7.80. The van der Waals surface area contributed by atoms with Gasteiger partial charge in [-0.1, -0.05) is 6.07 Å². The minimum absolute atomic E-state index is 0.184. The average Bonchev–Trinajstić information content (AvgIpc) is 2.26. The van der Waals surface area contributed by atoms with Crippen LogP contribution in [0.15, 0.2) is 24.3 Å². The Kier molecular flexibility index (Phi) is 4.61. The molecule has 0 atom stereocenters. The van der Waals surface area contributed by atoms with E-state index in [4.69, 9.17) is 17.3 Å². The summed E-state index contributed by atoms with van der Waals surface area (Å²) in [5, 5.41) is 14.8. The maximum Gasteiger partial charge on any atom is 0.310 e. The number of aliphatic carboxylic acids is 1. The predicted octanol–water partition coefficient (Wildman–Crippen LogP) is 2.22. The molecule has 0 fully saturated rings. The van der Waals surface area contributed by atoms with Gasteiger partial charge in [-0.05, 0) is 44.3 Å². The monoisotopic (exact) mass is 270 g/mol. The van der Waals surface area contributed by atoms with Crippen LogP contribution in [-0.2, 0) is 4.79 Å². The minimum atomic E-state index is -0.923. The van der Waals surface area contributed by atoms with Crippen LogP contribution in [0, 0.1) is 11.2 Å². The van der Waals surface area contributed by atoms with E-state index in [-0.39, 0.29) is 17.5 Å². The molecule has 98 valence electrons. The molecule has 0 bridgehead atoms. The van der Waals surface area contributed by atoms with Gasteiger partial charge in [-0.2, -0.15) is 0 Å². The number of carboxylic acids is 1. The second-order valence-corrected chi connectivity index (χ2v) is 4.92. The van der Waals surface area contributed by atoms with Crippen molar-refractivity contribution in [2.24, 2.45) is 5.41 Å². The normalized spacial score (nSPS) is 10.8. The Balaban J connectivity index is 2.50. The van der Waals surface area contributed by atoms with Crippen LogP contribution in [0.4, 0.5) is 10.1 Å². The molecule has 0 aromatic heterocycles. The number of hydrogen-bond donors (Lipinski definition) is 3. The summed E-state index contributed by atoms with van der Waals surface area (Å²) in [4.78, 5) is 10.9. The lowest BCUT2D eigenvalue weighted by atomic mass is 9.94. The molecule has 0 aliphatic rings. The van der Waals surface area contributed by atoms with Crippen LogP contribution < -0.4 is 10.6 Å². The molecule has 18 heavy (non-hydrogen) atoms. The highest BCUT2D eigenvalue weighted by Gasteiger charge is 2.26. The molecule has 1 aromatic rings. The second kappa shape index (κ2) is 5.77. The third-order valence-corrected chi connectivity index (χ3v) is 2.60. The number of thiocarbonyl (C=S) groups is 1. The zero-order chi connectivity index (χ0) is 13.8. The molecule has 0 saturated carbocycles. The quantitative estimate of drug-likeness (QED) is 0.732. The number of nitrogens with one attached hydrogen (secondary N) is 2. The second-order valence-electron chi connectivity index (χ2n) is 4.51. The van der Waals surface area contributed by atoms with Crippen LogP contribution in [-0.4, -0.2) is 22.7 Å². The van der Waals surface area contributed by atoms with Gasteiger partial charge in [0.15, 0.2) is 5.11 Å². The zero-order valence-electron chi connectivity index (χ0n) is 10.2. The average molecular weight is 270 g/mol. The molecule has 0 saturated heterocycles. The summed E-state index contributed by atoms with van der Waals surface area (Å²) < 4.78 is 12.9. The van der Waals surface area contributed by atoms with Crippen LogP contribution in [0.25, 0.3) is 0 Å². The summed E-state index contributed by atoms with van der Waals surface area (Å²) in [6, 6.07) is 5.85. The van der Waals surface area contributed by atoms with Gasteiger partial charge in [0.05, 0.1) is 5.41 Å². The largest absolute Gasteiger partial charge is 0.481 e. The Labute approximate surface area is 110 Å². The van der Waals surface area contributed by atoms with Crippen molar-refractivity contribution in [3.8, 4) is 0 Å². The summed E-state index contributed by atoms with van der Waals surface area (Å²) >= 11 is 5.00. The SMILES string of the molecule is CC(C)(CNC(=S)Nc1cccc(F)c1)C(=O)O. The highest BCUT2D eigenvalue weighted by Crippen LogP contribution is 2.13. The summed E-state index contributed by atoms with van der Waals surface area (Å²) in [6.45, 7) is 3.36. The topological polar surface area (TPSA) is 61.4 Å². The van der Waals surface area contributed by atoms with Gasteiger partial charge in [-0.15, -0.1) is 0 Å². The summed E-state index contributed by atoms with van der Waals surface area (Å²) in [5.74, 6) is -1.28. The number of halogens is 1. The molecule has 0 unspecified atom stereocenters. The molecule has 0 spiro atoms. The van der Waals surface area contributed by atoms with Gasteiger partial charge in [-0.25, -0.2) is 4.39 Å². The predicted molar refractivity (Wildman–Crippen MR) is 72.0 cm³/mol. The fraction of sp³-hybridized carbons (Fsp3) is 0.333. The number of rotatable bonds is 4. The van der Waals surface area contributed by atoms with Crippen molar-refractivity contribution in [2.45, 2.75) is 13.8 Å². The highest BCUT2D eigenvalue weighted by atomic mass is 32.1. The molecule has 0 aliphatic carbocycles. The number of carboxylic acid groups (broad SMARTS) is 1. The fourth-order valence-electron chi connectivity index (χ4n) is 1.12. The standard InChI is InChI=1S/C12H15FN2O2S/c1-12(2,10(16)17)7-14-11(18)15-9-5-3-4-8(13)6-9/h3-6H,7H2,1-2H3,(H,16,17)(H2,14,15,18). The fourth-order valence-corrected chi connectivity index (χ4v) is 1.31. The molecule has 1 rings (SSSR count). The Hall–Kier alpha value is -1.69. The van der Waals surface area contributed by atoms with E-state index in [0.717, 1.165) is 0 Å². The van der Waals surface area contributed by atoms with Crippen molar-refractivity contribution >= 4 is 29.0 Å². The van der Waals surface area contributed by atoms with Crippen molar-refractivity contribution in [1.82, 2.24) is 5.32 Å². The Bertz CT molecular complexity index is 463. The Morgan fingerprint density at radius 2 is 2.17 bits per heavy atom. The molecule has 6 heteroatoms. The van der Waals surface area contributed by atoms with Crippen molar-refractivity contribution in [3.05, 3.63) is 30.1 Å². The summed E-state index contributed by atoms with van der Waals surface area (Å²) in [5.41, 5.74) is -0.408. The van der Waals surface area contributed by atoms with Crippen LogP contribution in [0.1, 0.15) is 13.8 Å². The maximum absolute atomic E-state index is 12.9. The maximum atomic E-state index is 12.9. The van der Waals surface area contributed by atoms with Gasteiger partial charge in [0.2, 0.25) is 0 Å². The molecular weight excluding hydrogens is 255 g/mol. The van der Waals surface area contributed by atoms with Gasteiger partial charge >= 0.3 is 5.97 Å². The van der Waals surface area contributed by atoms with Crippen molar-refractivity contribution in [3.63, 3.8) is 0 Å². The van der Waals surface area contributed by atoms with E-state index < -0.39 is 11.4 Å². The number of benzene rings is 1. The Morgan fingerprint density at radius 3 is 2.72 bits per heavy atom. The molecule has 0 heterocycles. The van der Waals surface area contributed by atoms with Gasteiger partial charge in [-0.3, -0.25) is 4.79 Å². The molecule has 0 radical (unpaired) electrons. The van der Waals surface area contributed by atoms with E-state index in [2.05, 4.69) is 10.6 Å². The molecule has 3 N–H and O–H groups in total. The van der Waals surface area contributed by atoms with Gasteiger partial charge in [0.1, 0.15) is 5.82 Å². The van der Waals surface area contributed by atoms with Gasteiger partial charge in [0.25, 0.3) is 0 Å². The lowest BCUT2D eigenvalue weighted by molar-refractivity contribution is -0.146. The smallest absolute Gasteiger partial charge is 0.310 e. The lowest BCUT2D eigenvalue weighted by Crippen LogP contribution is -2.40. The van der Waals surface area contributed by atoms with Gasteiger partial charge < -0.3 is 15.7 Å². The van der Waals surface area contributed by atoms with Crippen LogP contribution in [0.3, 0.4) is 0 Å². The Morgan fingerprint density at radius 1 is 1.50 bits per heavy atom. The first-order valence-corrected chi connectivity index (χ1v) is 5.76. The molecule has 4 nitrogen and oxygen atoms in total. The van der Waals surface area contributed by atoms with Crippen LogP contribution in [0.5, 0.6) is 0 Å². The van der Waals surface area contributed by atoms with E-state index in [1.807, 2.05) is 0 Å². The first-order chi connectivity index (χ1) is 8.31. The molecule has 0 aliphatic heterocycles. The number of hydrogen-bond acceptors (Lipinski definition) is 2. The molecule has 1 aromatic carbocycles. The first kappa shape index (κ1) is 14.4. The third-order valence-electron chi connectivity index (χ3n) is 2.35. The number of carbonyl (C=O) groups is 1. The molecule has 0 amide bonds. The van der Waals surface area contributed by atoms with E-state index in [0.29, 0.717) is 5.69 Å². The first-order valence-electron chi connectivity index (χ1n) is 5.35. The van der Waals surface area contributed by atoms with E-state index in [9.17, 15) is 9.18 Å². The summed E-state index contributed by atoms with van der Waals surface area (Å²) in [7, 11) is 0. The number of anilines is 1. The zero-order valence-corrected chi connectivity index (χ0v) is 11.0. The van der Waals surface area contributed by atoms with Crippen molar-refractivity contribution in [2.75, 3.05) is 11.9 Å². The van der Waals surface area contributed by atoms with Crippen LogP contribution >= 0.6 is 12.2 Å². The van der Waals surface area contributed by atoms with Crippen molar-refractivity contribution in [1.29, 1.82) is 0 Å².